The molecule has 0 radical (unpaired) electrons. The predicted molar refractivity (Wildman–Crippen MR) is 88.2 cm³/mol. The van der Waals surface area contributed by atoms with Crippen molar-refractivity contribution in [1.29, 1.82) is 0 Å². The van der Waals surface area contributed by atoms with E-state index in [1.807, 2.05) is 0 Å². The molecule has 0 unspecified atom stereocenters. The molecule has 24 heavy (non-hydrogen) atoms. The van der Waals surface area contributed by atoms with Gasteiger partial charge in [-0.05, 0) is 44.1 Å². The van der Waals surface area contributed by atoms with Gasteiger partial charge in [0, 0.05) is 18.6 Å². The fraction of sp³-hybridized carbons (Fsp3) is 0.375. The molecule has 1 aliphatic rings. The summed E-state index contributed by atoms with van der Waals surface area (Å²) >= 11 is 0. The molecule has 1 saturated heterocycles. The number of carbonyl (C=O) groups is 2. The molecule has 1 fully saturated rings. The van der Waals surface area contributed by atoms with Gasteiger partial charge in [-0.2, -0.15) is 5.10 Å². The quantitative estimate of drug-likeness (QED) is 0.723. The van der Waals surface area contributed by atoms with Crippen LogP contribution in [0.1, 0.15) is 12.8 Å². The SMILES string of the molecule is O=C(CNC(=O)C1(n2cccn2)CCNCC1)Nc1cccnc1. The zero-order valence-electron chi connectivity index (χ0n) is 13.2. The molecule has 0 spiro atoms. The summed E-state index contributed by atoms with van der Waals surface area (Å²) in [5.74, 6) is -0.477. The van der Waals surface area contributed by atoms with E-state index in [2.05, 4.69) is 26.0 Å². The Hall–Kier alpha value is -2.74. The van der Waals surface area contributed by atoms with E-state index >= 15 is 0 Å². The lowest BCUT2D eigenvalue weighted by Gasteiger charge is -2.36. The van der Waals surface area contributed by atoms with Crippen LogP contribution in [0.15, 0.2) is 43.0 Å². The molecule has 1 aliphatic heterocycles. The van der Waals surface area contributed by atoms with Crippen molar-refractivity contribution in [1.82, 2.24) is 25.4 Å². The molecule has 2 aromatic rings. The molecule has 0 bridgehead atoms. The maximum atomic E-state index is 12.8. The highest BCUT2D eigenvalue weighted by Gasteiger charge is 2.41. The Bertz CT molecular complexity index is 680. The van der Waals surface area contributed by atoms with Crippen molar-refractivity contribution in [3.8, 4) is 0 Å². The van der Waals surface area contributed by atoms with Gasteiger partial charge in [0.1, 0.15) is 5.54 Å². The van der Waals surface area contributed by atoms with Crippen molar-refractivity contribution < 1.29 is 9.59 Å². The van der Waals surface area contributed by atoms with Crippen molar-refractivity contribution in [3.05, 3.63) is 43.0 Å². The number of pyridine rings is 1. The molecule has 8 heteroatoms. The van der Waals surface area contributed by atoms with E-state index in [0.717, 1.165) is 13.1 Å². The third-order valence-corrected chi connectivity index (χ3v) is 4.15. The van der Waals surface area contributed by atoms with E-state index in [0.29, 0.717) is 18.5 Å². The fourth-order valence-electron chi connectivity index (χ4n) is 2.89. The molecular formula is C16H20N6O2. The topological polar surface area (TPSA) is 101 Å². The molecule has 126 valence electrons. The van der Waals surface area contributed by atoms with Crippen LogP contribution in [0.2, 0.25) is 0 Å². The molecule has 0 atom stereocenters. The van der Waals surface area contributed by atoms with Crippen molar-refractivity contribution in [2.24, 2.45) is 0 Å². The number of carbonyl (C=O) groups excluding carboxylic acids is 2. The van der Waals surface area contributed by atoms with Crippen LogP contribution in [-0.2, 0) is 15.1 Å². The second-order valence-electron chi connectivity index (χ2n) is 5.70. The molecule has 2 amide bonds. The largest absolute Gasteiger partial charge is 0.345 e. The van der Waals surface area contributed by atoms with Crippen LogP contribution in [0.5, 0.6) is 0 Å². The number of piperidine rings is 1. The Morgan fingerprint density at radius 2 is 2.08 bits per heavy atom. The second kappa shape index (κ2) is 7.22. The maximum Gasteiger partial charge on any atom is 0.248 e. The van der Waals surface area contributed by atoms with E-state index in [-0.39, 0.29) is 18.4 Å². The number of nitrogens with zero attached hydrogens (tertiary/aromatic N) is 3. The molecule has 2 aromatic heterocycles. The summed E-state index contributed by atoms with van der Waals surface area (Å²) in [7, 11) is 0. The zero-order valence-corrected chi connectivity index (χ0v) is 13.2. The molecular weight excluding hydrogens is 308 g/mol. The van der Waals surface area contributed by atoms with Crippen LogP contribution in [0.3, 0.4) is 0 Å². The summed E-state index contributed by atoms with van der Waals surface area (Å²) in [5, 5.41) is 12.9. The second-order valence-corrected chi connectivity index (χ2v) is 5.70. The lowest BCUT2D eigenvalue weighted by Crippen LogP contribution is -2.55. The van der Waals surface area contributed by atoms with E-state index in [1.54, 1.807) is 47.7 Å². The van der Waals surface area contributed by atoms with E-state index in [1.165, 1.54) is 0 Å². The lowest BCUT2D eigenvalue weighted by molar-refractivity contribution is -0.133. The van der Waals surface area contributed by atoms with Gasteiger partial charge in [0.2, 0.25) is 11.8 Å². The standard InChI is InChI=1S/C16H20N6O2/c23-14(21-13-3-1-6-18-11-13)12-19-15(24)16(4-8-17-9-5-16)22-10-2-7-20-22/h1-3,6-7,10-11,17H,4-5,8-9,12H2,(H,19,24)(H,21,23). The molecule has 0 aromatic carbocycles. The molecule has 3 N–H and O–H groups in total. The Kier molecular flexibility index (Phi) is 4.85. The molecule has 3 rings (SSSR count). The number of hydrogen-bond donors (Lipinski definition) is 3. The molecule has 8 nitrogen and oxygen atoms in total. The first kappa shape index (κ1) is 16.1. The zero-order chi connectivity index (χ0) is 16.8. The van der Waals surface area contributed by atoms with Gasteiger partial charge in [-0.25, -0.2) is 0 Å². The third-order valence-electron chi connectivity index (χ3n) is 4.15. The normalized spacial score (nSPS) is 16.3. The number of rotatable bonds is 5. The number of aromatic nitrogens is 3. The first-order valence-electron chi connectivity index (χ1n) is 7.90. The Labute approximate surface area is 139 Å². The van der Waals surface area contributed by atoms with Crippen LogP contribution in [0, 0.1) is 0 Å². The minimum Gasteiger partial charge on any atom is -0.345 e. The predicted octanol–water partition coefficient (Wildman–Crippen LogP) is 0.112. The lowest BCUT2D eigenvalue weighted by atomic mass is 9.87. The minimum atomic E-state index is -0.747. The molecule has 0 saturated carbocycles. The number of anilines is 1. The van der Waals surface area contributed by atoms with Gasteiger partial charge in [-0.15, -0.1) is 0 Å². The fourth-order valence-corrected chi connectivity index (χ4v) is 2.89. The monoisotopic (exact) mass is 328 g/mol. The average molecular weight is 328 g/mol. The first-order chi connectivity index (χ1) is 11.7. The molecule has 3 heterocycles. The van der Waals surface area contributed by atoms with E-state index < -0.39 is 5.54 Å². The van der Waals surface area contributed by atoms with Crippen molar-refractivity contribution >= 4 is 17.5 Å². The minimum absolute atomic E-state index is 0.0931. The first-order valence-corrected chi connectivity index (χ1v) is 7.90. The van der Waals surface area contributed by atoms with Crippen LogP contribution in [-0.4, -0.2) is 46.2 Å². The third kappa shape index (κ3) is 3.43. The highest BCUT2D eigenvalue weighted by Crippen LogP contribution is 2.27. The summed E-state index contributed by atoms with van der Waals surface area (Å²) in [4.78, 5) is 28.7. The van der Waals surface area contributed by atoms with E-state index in [4.69, 9.17) is 0 Å². The van der Waals surface area contributed by atoms with Gasteiger partial charge < -0.3 is 16.0 Å². The van der Waals surface area contributed by atoms with E-state index in [9.17, 15) is 9.59 Å². The van der Waals surface area contributed by atoms with Gasteiger partial charge in [-0.1, -0.05) is 0 Å². The van der Waals surface area contributed by atoms with Crippen molar-refractivity contribution in [2.45, 2.75) is 18.4 Å². The van der Waals surface area contributed by atoms with Gasteiger partial charge in [0.05, 0.1) is 18.4 Å². The smallest absolute Gasteiger partial charge is 0.248 e. The average Bonchev–Trinajstić information content (AvgIpc) is 3.16. The number of amides is 2. The highest BCUT2D eigenvalue weighted by atomic mass is 16.2. The van der Waals surface area contributed by atoms with Gasteiger partial charge >= 0.3 is 0 Å². The van der Waals surface area contributed by atoms with Gasteiger partial charge in [0.25, 0.3) is 0 Å². The van der Waals surface area contributed by atoms with Crippen molar-refractivity contribution in [2.75, 3.05) is 25.0 Å². The number of hydrogen-bond acceptors (Lipinski definition) is 5. The van der Waals surface area contributed by atoms with Gasteiger partial charge in [-0.3, -0.25) is 19.3 Å². The Morgan fingerprint density at radius 1 is 1.25 bits per heavy atom. The summed E-state index contributed by atoms with van der Waals surface area (Å²) in [6, 6.07) is 5.27. The Morgan fingerprint density at radius 3 is 2.75 bits per heavy atom. The van der Waals surface area contributed by atoms with Crippen LogP contribution in [0.25, 0.3) is 0 Å². The van der Waals surface area contributed by atoms with Crippen LogP contribution in [0.4, 0.5) is 5.69 Å². The summed E-state index contributed by atoms with van der Waals surface area (Å²) in [5.41, 5.74) is -0.149. The summed E-state index contributed by atoms with van der Waals surface area (Å²) < 4.78 is 1.70. The van der Waals surface area contributed by atoms with Crippen LogP contribution >= 0.6 is 0 Å². The highest BCUT2D eigenvalue weighted by molar-refractivity contribution is 5.95. The number of nitrogens with one attached hydrogen (secondary N) is 3. The summed E-state index contributed by atoms with van der Waals surface area (Å²) in [6.07, 6.45) is 7.89. The Balaban J connectivity index is 1.63. The summed E-state index contributed by atoms with van der Waals surface area (Å²) in [6.45, 7) is 1.37. The van der Waals surface area contributed by atoms with Crippen molar-refractivity contribution in [3.63, 3.8) is 0 Å². The maximum absolute atomic E-state index is 12.8. The van der Waals surface area contributed by atoms with Crippen LogP contribution < -0.4 is 16.0 Å². The van der Waals surface area contributed by atoms with Gasteiger partial charge in [0.15, 0.2) is 0 Å². The molecule has 0 aliphatic carbocycles.